The maximum atomic E-state index is 4.11. The Hall–Kier alpha value is -0.890. The number of nitrogens with one attached hydrogen (secondary N) is 1. The molecule has 2 rings (SSSR count). The topological polar surface area (TPSA) is 24.9 Å². The first-order valence-electron chi connectivity index (χ1n) is 5.90. The molecule has 15 heavy (non-hydrogen) atoms. The Morgan fingerprint density at radius 2 is 2.33 bits per heavy atom. The molecular weight excluding hydrogens is 184 g/mol. The molecule has 2 heteroatoms. The van der Waals surface area contributed by atoms with Gasteiger partial charge in [0.05, 0.1) is 0 Å². The Balaban J connectivity index is 1.90. The molecule has 0 amide bonds. The molecule has 0 spiro atoms. The number of hydrogen-bond acceptors (Lipinski definition) is 2. The molecule has 2 nitrogen and oxygen atoms in total. The van der Waals surface area contributed by atoms with Crippen LogP contribution in [0.1, 0.15) is 37.3 Å². The molecule has 0 aromatic carbocycles. The lowest BCUT2D eigenvalue weighted by atomic mass is 10.1. The summed E-state index contributed by atoms with van der Waals surface area (Å²) in [6.07, 6.45) is 7.92. The van der Waals surface area contributed by atoms with Crippen LogP contribution in [0.25, 0.3) is 0 Å². The number of rotatable bonds is 3. The summed E-state index contributed by atoms with van der Waals surface area (Å²) >= 11 is 0. The molecule has 1 N–H and O–H groups in total. The van der Waals surface area contributed by atoms with Crippen LogP contribution in [0.15, 0.2) is 18.5 Å². The number of aryl methyl sites for hydroxylation is 1. The maximum absolute atomic E-state index is 4.11. The molecule has 2 unspecified atom stereocenters. The van der Waals surface area contributed by atoms with Crippen LogP contribution in [0, 0.1) is 12.8 Å². The van der Waals surface area contributed by atoms with E-state index in [0.29, 0.717) is 0 Å². The lowest BCUT2D eigenvalue weighted by Crippen LogP contribution is -2.30. The van der Waals surface area contributed by atoms with Crippen molar-refractivity contribution >= 4 is 0 Å². The van der Waals surface area contributed by atoms with E-state index in [-0.39, 0.29) is 0 Å². The van der Waals surface area contributed by atoms with Crippen molar-refractivity contribution in [2.75, 3.05) is 0 Å². The van der Waals surface area contributed by atoms with Gasteiger partial charge in [-0.3, -0.25) is 4.98 Å². The van der Waals surface area contributed by atoms with Gasteiger partial charge in [0.2, 0.25) is 0 Å². The summed E-state index contributed by atoms with van der Waals surface area (Å²) in [4.78, 5) is 4.11. The van der Waals surface area contributed by atoms with E-state index in [4.69, 9.17) is 0 Å². The van der Waals surface area contributed by atoms with Gasteiger partial charge in [-0.1, -0.05) is 13.3 Å². The highest BCUT2D eigenvalue weighted by Crippen LogP contribution is 2.25. The van der Waals surface area contributed by atoms with Crippen LogP contribution in [-0.2, 0) is 6.54 Å². The zero-order valence-corrected chi connectivity index (χ0v) is 9.66. The summed E-state index contributed by atoms with van der Waals surface area (Å²) in [6.45, 7) is 5.47. The van der Waals surface area contributed by atoms with Gasteiger partial charge in [-0.05, 0) is 42.9 Å². The fourth-order valence-electron chi connectivity index (χ4n) is 2.39. The normalized spacial score (nSPS) is 25.7. The summed E-state index contributed by atoms with van der Waals surface area (Å²) in [7, 11) is 0. The summed E-state index contributed by atoms with van der Waals surface area (Å²) in [5, 5.41) is 3.66. The van der Waals surface area contributed by atoms with Crippen molar-refractivity contribution in [1.82, 2.24) is 10.3 Å². The molecule has 0 bridgehead atoms. The van der Waals surface area contributed by atoms with Gasteiger partial charge in [0.1, 0.15) is 0 Å². The summed E-state index contributed by atoms with van der Waals surface area (Å²) in [6, 6.07) is 2.83. The van der Waals surface area contributed by atoms with Gasteiger partial charge in [0.25, 0.3) is 0 Å². The van der Waals surface area contributed by atoms with E-state index < -0.39 is 0 Å². The van der Waals surface area contributed by atoms with E-state index in [1.165, 1.54) is 30.4 Å². The first-order valence-corrected chi connectivity index (χ1v) is 5.90. The van der Waals surface area contributed by atoms with Crippen molar-refractivity contribution in [3.63, 3.8) is 0 Å². The predicted octanol–water partition coefficient (Wildman–Crippen LogP) is 2.67. The average Bonchev–Trinajstić information content (AvgIpc) is 2.63. The van der Waals surface area contributed by atoms with Crippen LogP contribution in [0.4, 0.5) is 0 Å². The van der Waals surface area contributed by atoms with Crippen LogP contribution in [0.2, 0.25) is 0 Å². The van der Waals surface area contributed by atoms with Crippen molar-refractivity contribution in [3.8, 4) is 0 Å². The lowest BCUT2D eigenvalue weighted by molar-refractivity contribution is 0.425. The van der Waals surface area contributed by atoms with Crippen LogP contribution >= 0.6 is 0 Å². The largest absolute Gasteiger partial charge is 0.310 e. The number of hydrogen-bond donors (Lipinski definition) is 1. The van der Waals surface area contributed by atoms with Crippen molar-refractivity contribution in [1.29, 1.82) is 0 Å². The molecule has 1 aliphatic rings. The van der Waals surface area contributed by atoms with Crippen LogP contribution < -0.4 is 5.32 Å². The predicted molar refractivity (Wildman–Crippen MR) is 62.6 cm³/mol. The Morgan fingerprint density at radius 1 is 1.47 bits per heavy atom. The third-order valence-electron chi connectivity index (χ3n) is 3.55. The maximum Gasteiger partial charge on any atom is 0.0300 e. The molecule has 1 aliphatic carbocycles. The van der Waals surface area contributed by atoms with E-state index in [0.717, 1.165) is 18.5 Å². The number of aromatic nitrogens is 1. The van der Waals surface area contributed by atoms with Crippen molar-refractivity contribution in [3.05, 3.63) is 29.6 Å². The smallest absolute Gasteiger partial charge is 0.0300 e. The highest BCUT2D eigenvalue weighted by molar-refractivity contribution is 5.21. The zero-order valence-electron chi connectivity index (χ0n) is 9.66. The molecule has 2 atom stereocenters. The molecule has 0 aliphatic heterocycles. The molecule has 0 radical (unpaired) electrons. The van der Waals surface area contributed by atoms with Gasteiger partial charge in [-0.15, -0.1) is 0 Å². The molecule has 1 aromatic rings. The number of pyridine rings is 1. The zero-order chi connectivity index (χ0) is 10.7. The minimum Gasteiger partial charge on any atom is -0.310 e. The summed E-state index contributed by atoms with van der Waals surface area (Å²) in [5.41, 5.74) is 2.67. The fraction of sp³-hybridized carbons (Fsp3) is 0.615. The molecule has 82 valence electrons. The van der Waals surface area contributed by atoms with Crippen LogP contribution in [0.3, 0.4) is 0 Å². The Bertz CT molecular complexity index is 322. The number of nitrogens with zero attached hydrogens (tertiary/aromatic N) is 1. The molecule has 1 aromatic heterocycles. The van der Waals surface area contributed by atoms with E-state index >= 15 is 0 Å². The summed E-state index contributed by atoms with van der Waals surface area (Å²) < 4.78 is 0. The van der Waals surface area contributed by atoms with E-state index in [2.05, 4.69) is 30.2 Å². The highest BCUT2D eigenvalue weighted by atomic mass is 14.9. The minimum atomic E-state index is 0.720. The van der Waals surface area contributed by atoms with Gasteiger partial charge in [-0.2, -0.15) is 0 Å². The SMILES string of the molecule is Cc1cnccc1CNC1CCCC1C. The fourth-order valence-corrected chi connectivity index (χ4v) is 2.39. The third-order valence-corrected chi connectivity index (χ3v) is 3.55. The monoisotopic (exact) mass is 204 g/mol. The van der Waals surface area contributed by atoms with E-state index in [1.54, 1.807) is 0 Å². The standard InChI is InChI=1S/C13H20N2/c1-10-4-3-5-13(10)15-9-12-6-7-14-8-11(12)2/h6-8,10,13,15H,3-5,9H2,1-2H3. The summed E-state index contributed by atoms with van der Waals surface area (Å²) in [5.74, 6) is 0.840. The highest BCUT2D eigenvalue weighted by Gasteiger charge is 2.22. The average molecular weight is 204 g/mol. The molecular formula is C13H20N2. The van der Waals surface area contributed by atoms with E-state index in [9.17, 15) is 0 Å². The quantitative estimate of drug-likeness (QED) is 0.818. The lowest BCUT2D eigenvalue weighted by Gasteiger charge is -2.17. The molecule has 1 saturated carbocycles. The molecule has 1 fully saturated rings. The van der Waals surface area contributed by atoms with E-state index in [1.807, 2.05) is 12.4 Å². The second-order valence-electron chi connectivity index (χ2n) is 4.70. The first kappa shape index (κ1) is 10.6. The Labute approximate surface area is 92.1 Å². The van der Waals surface area contributed by atoms with Gasteiger partial charge in [-0.25, -0.2) is 0 Å². The third kappa shape index (κ3) is 2.57. The minimum absolute atomic E-state index is 0.720. The van der Waals surface area contributed by atoms with Gasteiger partial charge < -0.3 is 5.32 Å². The Kier molecular flexibility index (Phi) is 3.37. The van der Waals surface area contributed by atoms with Crippen molar-refractivity contribution in [2.45, 2.75) is 45.7 Å². The van der Waals surface area contributed by atoms with Crippen LogP contribution in [0.5, 0.6) is 0 Å². The van der Waals surface area contributed by atoms with Gasteiger partial charge in [0.15, 0.2) is 0 Å². The molecule has 1 heterocycles. The van der Waals surface area contributed by atoms with Crippen molar-refractivity contribution < 1.29 is 0 Å². The van der Waals surface area contributed by atoms with Gasteiger partial charge in [0, 0.05) is 25.0 Å². The first-order chi connectivity index (χ1) is 7.27. The molecule has 0 saturated heterocycles. The van der Waals surface area contributed by atoms with Crippen LogP contribution in [-0.4, -0.2) is 11.0 Å². The second-order valence-corrected chi connectivity index (χ2v) is 4.70. The van der Waals surface area contributed by atoms with Crippen molar-refractivity contribution in [2.24, 2.45) is 5.92 Å². The Morgan fingerprint density at radius 3 is 3.00 bits per heavy atom. The van der Waals surface area contributed by atoms with Gasteiger partial charge >= 0.3 is 0 Å². The second kappa shape index (κ2) is 4.75.